The molecule has 0 amide bonds. The lowest BCUT2D eigenvalue weighted by Gasteiger charge is -1.89. The molecule has 0 aromatic carbocycles. The van der Waals surface area contributed by atoms with Gasteiger partial charge in [0.2, 0.25) is 0 Å². The molecule has 0 radical (unpaired) electrons. The van der Waals surface area contributed by atoms with Gasteiger partial charge in [0.15, 0.2) is 0 Å². The van der Waals surface area contributed by atoms with Gasteiger partial charge in [0, 0.05) is 10.6 Å². The van der Waals surface area contributed by atoms with E-state index in [1.165, 1.54) is 6.33 Å². The lowest BCUT2D eigenvalue weighted by atomic mass is 10.4. The third-order valence-electron chi connectivity index (χ3n) is 0.937. The van der Waals surface area contributed by atoms with Crippen molar-refractivity contribution in [2.24, 2.45) is 5.11 Å². The highest BCUT2D eigenvalue weighted by molar-refractivity contribution is 5.26. The van der Waals surface area contributed by atoms with Gasteiger partial charge in [-0.1, -0.05) is 0 Å². The van der Waals surface area contributed by atoms with Crippen molar-refractivity contribution in [2.45, 2.75) is 6.92 Å². The molecule has 0 atom stereocenters. The molecule has 5 heteroatoms. The Kier molecular flexibility index (Phi) is 1.82. The minimum Gasteiger partial charge on any atom is -0.242 e. The van der Waals surface area contributed by atoms with E-state index in [0.717, 1.165) is 5.69 Å². The molecule has 0 bridgehead atoms. The van der Waals surface area contributed by atoms with Crippen LogP contribution in [0.5, 0.6) is 0 Å². The van der Waals surface area contributed by atoms with Gasteiger partial charge in [-0.3, -0.25) is 0 Å². The Morgan fingerprint density at radius 3 is 3.00 bits per heavy atom. The second-order valence-electron chi connectivity index (χ2n) is 1.71. The van der Waals surface area contributed by atoms with Crippen LogP contribution < -0.4 is 0 Å². The number of nitrogens with zero attached hydrogens (tertiary/aromatic N) is 5. The molecule has 1 heterocycles. The SMILES string of the molecule is Cc1cc(N=[N+]=[N-])ncn1. The zero-order valence-electron chi connectivity index (χ0n) is 5.39. The minimum atomic E-state index is 0.356. The van der Waals surface area contributed by atoms with Gasteiger partial charge in [0.1, 0.15) is 12.1 Å². The molecule has 50 valence electrons. The van der Waals surface area contributed by atoms with Gasteiger partial charge >= 0.3 is 0 Å². The molecule has 1 rings (SSSR count). The molecule has 0 unspecified atom stereocenters. The zero-order valence-corrected chi connectivity index (χ0v) is 5.39. The monoisotopic (exact) mass is 135 g/mol. The fraction of sp³-hybridized carbons (Fsp3) is 0.200. The average Bonchev–Trinajstić information content (AvgIpc) is 1.88. The van der Waals surface area contributed by atoms with Crippen LogP contribution in [0.1, 0.15) is 5.69 Å². The molecule has 0 fully saturated rings. The van der Waals surface area contributed by atoms with Crippen molar-refractivity contribution in [3.63, 3.8) is 0 Å². The predicted molar refractivity (Wildman–Crippen MR) is 35.6 cm³/mol. The van der Waals surface area contributed by atoms with Crippen molar-refractivity contribution in [3.8, 4) is 0 Å². The summed E-state index contributed by atoms with van der Waals surface area (Å²) >= 11 is 0. The van der Waals surface area contributed by atoms with Crippen molar-refractivity contribution in [1.82, 2.24) is 9.97 Å². The molecular formula is C5H5N5. The summed E-state index contributed by atoms with van der Waals surface area (Å²) in [6.07, 6.45) is 1.36. The Hall–Kier alpha value is -1.61. The predicted octanol–water partition coefficient (Wildman–Crippen LogP) is 1.73. The quantitative estimate of drug-likeness (QED) is 0.334. The number of aromatic nitrogens is 2. The highest BCUT2D eigenvalue weighted by Gasteiger charge is 1.88. The van der Waals surface area contributed by atoms with Gasteiger partial charge in [0.25, 0.3) is 0 Å². The van der Waals surface area contributed by atoms with Crippen molar-refractivity contribution < 1.29 is 0 Å². The second kappa shape index (κ2) is 2.80. The number of aryl methyl sites for hydroxylation is 1. The summed E-state index contributed by atoms with van der Waals surface area (Å²) in [6, 6.07) is 1.61. The van der Waals surface area contributed by atoms with Crippen molar-refractivity contribution >= 4 is 5.82 Å². The Balaban J connectivity index is 3.06. The molecule has 0 aliphatic carbocycles. The maximum Gasteiger partial charge on any atom is 0.130 e. The van der Waals surface area contributed by atoms with Crippen LogP contribution in [0.15, 0.2) is 17.5 Å². The third kappa shape index (κ3) is 1.43. The number of hydrogen-bond acceptors (Lipinski definition) is 3. The third-order valence-corrected chi connectivity index (χ3v) is 0.937. The van der Waals surface area contributed by atoms with E-state index < -0.39 is 0 Å². The number of azide groups is 1. The van der Waals surface area contributed by atoms with E-state index in [1.807, 2.05) is 0 Å². The van der Waals surface area contributed by atoms with Crippen LogP contribution in [0.25, 0.3) is 10.4 Å². The topological polar surface area (TPSA) is 74.5 Å². The summed E-state index contributed by atoms with van der Waals surface area (Å²) in [4.78, 5) is 10.1. The molecule has 0 spiro atoms. The molecule has 10 heavy (non-hydrogen) atoms. The van der Waals surface area contributed by atoms with E-state index >= 15 is 0 Å². The Bertz CT molecular complexity index is 275. The molecular weight excluding hydrogens is 130 g/mol. The number of rotatable bonds is 1. The van der Waals surface area contributed by atoms with Crippen LogP contribution in [0, 0.1) is 6.92 Å². The average molecular weight is 135 g/mol. The van der Waals surface area contributed by atoms with E-state index in [2.05, 4.69) is 20.0 Å². The van der Waals surface area contributed by atoms with Gasteiger partial charge in [-0.15, -0.1) is 0 Å². The van der Waals surface area contributed by atoms with E-state index in [1.54, 1.807) is 13.0 Å². The van der Waals surface area contributed by atoms with E-state index in [-0.39, 0.29) is 0 Å². The Labute approximate surface area is 57.4 Å². The smallest absolute Gasteiger partial charge is 0.130 e. The molecule has 1 aromatic rings. The van der Waals surface area contributed by atoms with Gasteiger partial charge < -0.3 is 0 Å². The first-order valence-electron chi connectivity index (χ1n) is 2.66. The summed E-state index contributed by atoms with van der Waals surface area (Å²) < 4.78 is 0. The van der Waals surface area contributed by atoms with Crippen LogP contribution in [0.4, 0.5) is 5.82 Å². The van der Waals surface area contributed by atoms with Crippen LogP contribution in [-0.2, 0) is 0 Å². The standard InChI is InChI=1S/C5H5N5/c1-4-2-5(9-10-6)8-3-7-4/h2-3H,1H3. The van der Waals surface area contributed by atoms with E-state index in [9.17, 15) is 0 Å². The normalized spacial score (nSPS) is 8.50. The highest BCUT2D eigenvalue weighted by Crippen LogP contribution is 2.05. The first-order valence-corrected chi connectivity index (χ1v) is 2.66. The van der Waals surface area contributed by atoms with Crippen molar-refractivity contribution in [2.75, 3.05) is 0 Å². The molecule has 0 N–H and O–H groups in total. The maximum absolute atomic E-state index is 8.01. The first kappa shape index (κ1) is 6.51. The molecule has 5 nitrogen and oxygen atoms in total. The lowest BCUT2D eigenvalue weighted by molar-refractivity contribution is 1.09. The minimum absolute atomic E-state index is 0.356. The second-order valence-corrected chi connectivity index (χ2v) is 1.71. The van der Waals surface area contributed by atoms with Crippen LogP contribution in [0.2, 0.25) is 0 Å². The Morgan fingerprint density at radius 2 is 2.40 bits per heavy atom. The van der Waals surface area contributed by atoms with Crippen LogP contribution >= 0.6 is 0 Å². The molecule has 0 aliphatic heterocycles. The van der Waals surface area contributed by atoms with Gasteiger partial charge in [-0.2, -0.15) is 0 Å². The van der Waals surface area contributed by atoms with Gasteiger partial charge in [0.05, 0.1) is 0 Å². The molecule has 0 saturated heterocycles. The van der Waals surface area contributed by atoms with E-state index in [4.69, 9.17) is 5.53 Å². The molecule has 0 saturated carbocycles. The fourth-order valence-corrected chi connectivity index (χ4v) is 0.541. The van der Waals surface area contributed by atoms with Crippen LogP contribution in [-0.4, -0.2) is 9.97 Å². The summed E-state index contributed by atoms with van der Waals surface area (Å²) in [7, 11) is 0. The van der Waals surface area contributed by atoms with E-state index in [0.29, 0.717) is 5.82 Å². The summed E-state index contributed by atoms with van der Waals surface area (Å²) in [5, 5.41) is 3.30. The Morgan fingerprint density at radius 1 is 1.60 bits per heavy atom. The first-order chi connectivity index (χ1) is 4.83. The summed E-state index contributed by atoms with van der Waals surface area (Å²) in [6.45, 7) is 1.80. The highest BCUT2D eigenvalue weighted by atomic mass is 15.2. The largest absolute Gasteiger partial charge is 0.242 e. The summed E-state index contributed by atoms with van der Waals surface area (Å²) in [5.74, 6) is 0.356. The number of hydrogen-bond donors (Lipinski definition) is 0. The maximum atomic E-state index is 8.01. The van der Waals surface area contributed by atoms with Crippen molar-refractivity contribution in [1.29, 1.82) is 0 Å². The fourth-order valence-electron chi connectivity index (χ4n) is 0.541. The van der Waals surface area contributed by atoms with Gasteiger partial charge in [-0.25, -0.2) is 9.97 Å². The molecule has 1 aromatic heterocycles. The summed E-state index contributed by atoms with van der Waals surface area (Å²) in [5.41, 5.74) is 8.80. The van der Waals surface area contributed by atoms with Crippen LogP contribution in [0.3, 0.4) is 0 Å². The lowest BCUT2D eigenvalue weighted by Crippen LogP contribution is -1.80. The molecule has 0 aliphatic rings. The zero-order chi connectivity index (χ0) is 7.40. The van der Waals surface area contributed by atoms with Gasteiger partial charge in [-0.05, 0) is 23.6 Å². The van der Waals surface area contributed by atoms with Crippen molar-refractivity contribution in [3.05, 3.63) is 28.5 Å².